The van der Waals surface area contributed by atoms with E-state index >= 15 is 0 Å². The van der Waals surface area contributed by atoms with Crippen molar-refractivity contribution in [1.29, 1.82) is 5.26 Å². The topological polar surface area (TPSA) is 102 Å². The monoisotopic (exact) mass is 524 g/mol. The molecule has 0 N–H and O–H groups in total. The number of benzene rings is 3. The third-order valence-electron chi connectivity index (χ3n) is 4.51. The summed E-state index contributed by atoms with van der Waals surface area (Å²) in [4.78, 5) is 4.38. The highest BCUT2D eigenvalue weighted by Gasteiger charge is 2.22. The second-order valence-corrected chi connectivity index (χ2v) is 9.17. The average Bonchev–Trinajstić information content (AvgIpc) is 3.24. The molecule has 166 valence electrons. The van der Waals surface area contributed by atoms with E-state index in [0.29, 0.717) is 21.1 Å². The number of nitriles is 1. The molecule has 0 radical (unpaired) electrons. The van der Waals surface area contributed by atoms with Crippen molar-refractivity contribution < 1.29 is 21.8 Å². The molecule has 0 spiro atoms. The molecule has 1 aromatic heterocycles. The number of halogens is 1. The lowest BCUT2D eigenvalue weighted by Gasteiger charge is -2.14. The summed E-state index contributed by atoms with van der Waals surface area (Å²) in [6.07, 6.45) is 1.58. The molecule has 0 aliphatic carbocycles. The van der Waals surface area contributed by atoms with E-state index < -0.39 is 10.1 Å². The van der Waals surface area contributed by atoms with Crippen molar-refractivity contribution in [2.24, 2.45) is 0 Å². The van der Waals surface area contributed by atoms with Crippen LogP contribution in [0, 0.1) is 11.3 Å². The van der Waals surface area contributed by atoms with Crippen LogP contribution in [0.5, 0.6) is 11.5 Å². The molecule has 3 aromatic carbocycles. The van der Waals surface area contributed by atoms with Crippen LogP contribution in [0.4, 0.5) is 0 Å². The summed E-state index contributed by atoms with van der Waals surface area (Å²) >= 11 is 3.37. The molecule has 0 atom stereocenters. The quantitative estimate of drug-likeness (QED) is 0.221. The number of hydrogen-bond donors (Lipinski definition) is 0. The van der Waals surface area contributed by atoms with Gasteiger partial charge in [-0.25, -0.2) is 4.98 Å². The van der Waals surface area contributed by atoms with Gasteiger partial charge in [0.15, 0.2) is 17.1 Å². The number of allylic oxidation sites excluding steroid dienone is 1. The Morgan fingerprint density at radius 2 is 1.88 bits per heavy atom. The summed E-state index contributed by atoms with van der Waals surface area (Å²) in [6.45, 7) is 2.04. The number of nitrogens with zero attached hydrogens (tertiary/aromatic N) is 2. The first-order valence-corrected chi connectivity index (χ1v) is 12.0. The van der Waals surface area contributed by atoms with Crippen molar-refractivity contribution in [2.75, 3.05) is 6.61 Å². The molecule has 0 aliphatic rings. The molecule has 33 heavy (non-hydrogen) atoms. The molecule has 0 saturated carbocycles. The maximum atomic E-state index is 12.7. The Balaban J connectivity index is 1.74. The lowest BCUT2D eigenvalue weighted by molar-refractivity contribution is 0.327. The first-order valence-electron chi connectivity index (χ1n) is 9.85. The van der Waals surface area contributed by atoms with Gasteiger partial charge in [-0.1, -0.05) is 30.3 Å². The second-order valence-electron chi connectivity index (χ2n) is 6.77. The van der Waals surface area contributed by atoms with Crippen LogP contribution in [0.25, 0.3) is 22.7 Å². The van der Waals surface area contributed by atoms with Crippen molar-refractivity contribution in [1.82, 2.24) is 4.98 Å². The fraction of sp³-hybridized carbons (Fsp3) is 0.0833. The van der Waals surface area contributed by atoms with Crippen LogP contribution < -0.4 is 8.92 Å². The van der Waals surface area contributed by atoms with E-state index in [4.69, 9.17) is 13.3 Å². The number of oxazole rings is 1. The SMILES string of the molecule is CCOc1cc(/C=C(\C#N)c2nc3ccccc3o2)cc(Br)c1OS(=O)(=O)c1ccccc1. The molecule has 0 bridgehead atoms. The van der Waals surface area contributed by atoms with Gasteiger partial charge in [0, 0.05) is 0 Å². The summed E-state index contributed by atoms with van der Waals surface area (Å²) in [5, 5.41) is 9.68. The van der Waals surface area contributed by atoms with Gasteiger partial charge >= 0.3 is 10.1 Å². The predicted molar refractivity (Wildman–Crippen MR) is 127 cm³/mol. The van der Waals surface area contributed by atoms with Crippen LogP contribution in [0.15, 0.2) is 80.5 Å². The zero-order chi connectivity index (χ0) is 23.4. The summed E-state index contributed by atoms with van der Waals surface area (Å²) in [7, 11) is -4.08. The van der Waals surface area contributed by atoms with E-state index in [-0.39, 0.29) is 34.5 Å². The predicted octanol–water partition coefficient (Wildman–Crippen LogP) is 5.82. The molecular formula is C24H17BrN2O5S. The van der Waals surface area contributed by atoms with Crippen molar-refractivity contribution >= 4 is 48.8 Å². The normalized spacial score (nSPS) is 11.8. The number of fused-ring (bicyclic) bond motifs is 1. The zero-order valence-electron chi connectivity index (χ0n) is 17.4. The number of aromatic nitrogens is 1. The van der Waals surface area contributed by atoms with E-state index in [1.54, 1.807) is 55.5 Å². The highest BCUT2D eigenvalue weighted by Crippen LogP contribution is 2.39. The van der Waals surface area contributed by atoms with Gasteiger partial charge in [0.05, 0.1) is 11.1 Å². The van der Waals surface area contributed by atoms with E-state index in [1.807, 2.05) is 12.1 Å². The molecule has 7 nitrogen and oxygen atoms in total. The number of hydrogen-bond acceptors (Lipinski definition) is 7. The van der Waals surface area contributed by atoms with Crippen LogP contribution in [0.3, 0.4) is 0 Å². The van der Waals surface area contributed by atoms with Crippen LogP contribution in [0.2, 0.25) is 0 Å². The van der Waals surface area contributed by atoms with E-state index in [0.717, 1.165) is 0 Å². The molecule has 1 heterocycles. The first kappa shape index (κ1) is 22.6. The molecule has 9 heteroatoms. The lowest BCUT2D eigenvalue weighted by Crippen LogP contribution is -2.11. The smallest absolute Gasteiger partial charge is 0.339 e. The Kier molecular flexibility index (Phi) is 6.49. The van der Waals surface area contributed by atoms with Gasteiger partial charge in [-0.05, 0) is 70.9 Å². The Bertz CT molecular complexity index is 1460. The Morgan fingerprint density at radius 1 is 1.15 bits per heavy atom. The first-order chi connectivity index (χ1) is 15.9. The maximum Gasteiger partial charge on any atom is 0.339 e. The van der Waals surface area contributed by atoms with Crippen LogP contribution >= 0.6 is 15.9 Å². The van der Waals surface area contributed by atoms with Gasteiger partial charge in [0.2, 0.25) is 5.89 Å². The molecular weight excluding hydrogens is 508 g/mol. The zero-order valence-corrected chi connectivity index (χ0v) is 19.8. The van der Waals surface area contributed by atoms with Crippen molar-refractivity contribution in [3.8, 4) is 17.6 Å². The second kappa shape index (κ2) is 9.48. The van der Waals surface area contributed by atoms with Crippen molar-refractivity contribution in [3.63, 3.8) is 0 Å². The standard InChI is InChI=1S/C24H17BrN2O5S/c1-2-30-22-14-16(12-17(15-26)24-27-20-10-6-7-11-21(20)31-24)13-19(25)23(22)32-33(28,29)18-8-4-3-5-9-18/h3-14H,2H2,1H3/b17-12+. The van der Waals surface area contributed by atoms with Gasteiger partial charge in [-0.2, -0.15) is 13.7 Å². The largest absolute Gasteiger partial charge is 0.490 e. The molecule has 0 aliphatic heterocycles. The van der Waals surface area contributed by atoms with Gasteiger partial charge < -0.3 is 13.3 Å². The fourth-order valence-electron chi connectivity index (χ4n) is 3.06. The summed E-state index contributed by atoms with van der Waals surface area (Å²) < 4.78 is 42.5. The van der Waals surface area contributed by atoms with Crippen LogP contribution in [-0.2, 0) is 10.1 Å². The summed E-state index contributed by atoms with van der Waals surface area (Å²) in [5.74, 6) is 0.394. The van der Waals surface area contributed by atoms with Gasteiger partial charge in [0.1, 0.15) is 22.1 Å². The van der Waals surface area contributed by atoms with E-state index in [1.165, 1.54) is 12.1 Å². The molecule has 0 unspecified atom stereocenters. The maximum absolute atomic E-state index is 12.7. The van der Waals surface area contributed by atoms with Crippen molar-refractivity contribution in [2.45, 2.75) is 11.8 Å². The van der Waals surface area contributed by atoms with Crippen LogP contribution in [-0.4, -0.2) is 20.0 Å². The summed E-state index contributed by atoms with van der Waals surface area (Å²) in [5.41, 5.74) is 1.97. The molecule has 4 aromatic rings. The third kappa shape index (κ3) is 4.92. The third-order valence-corrected chi connectivity index (χ3v) is 6.34. The Morgan fingerprint density at radius 3 is 2.58 bits per heavy atom. The minimum Gasteiger partial charge on any atom is -0.490 e. The van der Waals surface area contributed by atoms with Crippen molar-refractivity contribution in [3.05, 3.63) is 82.7 Å². The Hall–Kier alpha value is -3.61. The van der Waals surface area contributed by atoms with Crippen LogP contribution in [0.1, 0.15) is 18.4 Å². The molecule has 4 rings (SSSR count). The lowest BCUT2D eigenvalue weighted by atomic mass is 10.1. The average molecular weight is 525 g/mol. The molecule has 0 saturated heterocycles. The van der Waals surface area contributed by atoms with Gasteiger partial charge in [-0.3, -0.25) is 0 Å². The Labute approximate surface area is 199 Å². The highest BCUT2D eigenvalue weighted by atomic mass is 79.9. The van der Waals surface area contributed by atoms with Gasteiger partial charge in [0.25, 0.3) is 0 Å². The molecule has 0 amide bonds. The highest BCUT2D eigenvalue weighted by molar-refractivity contribution is 9.10. The number of rotatable bonds is 7. The fourth-order valence-corrected chi connectivity index (χ4v) is 4.68. The molecule has 0 fully saturated rings. The summed E-state index contributed by atoms with van der Waals surface area (Å²) in [6, 6.07) is 20.3. The minimum absolute atomic E-state index is 0.0122. The number of ether oxygens (including phenoxy) is 1. The van der Waals surface area contributed by atoms with E-state index in [2.05, 4.69) is 27.0 Å². The number of para-hydroxylation sites is 2. The van der Waals surface area contributed by atoms with Gasteiger partial charge in [-0.15, -0.1) is 0 Å². The minimum atomic E-state index is -4.08. The van der Waals surface area contributed by atoms with E-state index in [9.17, 15) is 13.7 Å².